The quantitative estimate of drug-likeness (QED) is 0.325. The number of amides is 1. The van der Waals surface area contributed by atoms with Gasteiger partial charge in [0.1, 0.15) is 11.6 Å². The van der Waals surface area contributed by atoms with E-state index >= 15 is 0 Å². The summed E-state index contributed by atoms with van der Waals surface area (Å²) in [7, 11) is 0. The second-order valence-corrected chi connectivity index (χ2v) is 8.58. The molecule has 0 bridgehead atoms. The lowest BCUT2D eigenvalue weighted by atomic mass is 10.1. The zero-order valence-electron chi connectivity index (χ0n) is 18.4. The van der Waals surface area contributed by atoms with Gasteiger partial charge in [-0.05, 0) is 42.5 Å². The summed E-state index contributed by atoms with van der Waals surface area (Å²) in [5.74, 6) is -1.32. The van der Waals surface area contributed by atoms with Crippen molar-refractivity contribution in [2.24, 2.45) is 0 Å². The van der Waals surface area contributed by atoms with Crippen LogP contribution < -0.4 is 4.90 Å². The largest absolute Gasteiger partial charge is 0.475 e. The molecule has 2 aromatic heterocycles. The Balaban J connectivity index is 1.24. The number of imidazole rings is 1. The zero-order chi connectivity index (χ0) is 24.5. The van der Waals surface area contributed by atoms with Crippen molar-refractivity contribution in [1.29, 1.82) is 0 Å². The lowest BCUT2D eigenvalue weighted by molar-refractivity contribution is -0.131. The third-order valence-electron chi connectivity index (χ3n) is 5.92. The Labute approximate surface area is 205 Å². The minimum absolute atomic E-state index is 0.0150. The van der Waals surface area contributed by atoms with Gasteiger partial charge in [0.25, 0.3) is 11.7 Å². The topological polar surface area (TPSA) is 119 Å². The van der Waals surface area contributed by atoms with Crippen molar-refractivity contribution >= 4 is 46.1 Å². The summed E-state index contributed by atoms with van der Waals surface area (Å²) in [6.45, 7) is 2.14. The number of Topliss-reactive ketones (excluding diaryl/α,β-unsaturated/α-hetero) is 1. The van der Waals surface area contributed by atoms with Crippen LogP contribution in [0.5, 0.6) is 0 Å². The lowest BCUT2D eigenvalue weighted by Gasteiger charge is -2.35. The number of hydrogen-bond acceptors (Lipinski definition) is 6. The molecule has 0 unspecified atom stereocenters. The predicted octanol–water partition coefficient (Wildman–Crippen LogP) is 3.51. The van der Waals surface area contributed by atoms with Crippen LogP contribution >= 0.6 is 11.6 Å². The third kappa shape index (κ3) is 4.58. The molecule has 0 saturated carbocycles. The Morgan fingerprint density at radius 1 is 0.943 bits per heavy atom. The standard InChI is InChI=1S/C25H20ClN5O4/c26-18-5-6-19-20(13-18)29-23(28-19)17-4-7-21(27-14-17)30-8-10-31(11-9-30)24(33)16-3-1-2-15(12-16)22(32)25(34)35/h1-7,12-14H,8-11H2,(H,28,29)(H,34,35). The van der Waals surface area contributed by atoms with Gasteiger partial charge < -0.3 is 19.9 Å². The Hall–Kier alpha value is -4.24. The van der Waals surface area contributed by atoms with Crippen molar-refractivity contribution in [3.63, 3.8) is 0 Å². The molecule has 2 aromatic carbocycles. The van der Waals surface area contributed by atoms with Crippen LogP contribution in [0.1, 0.15) is 20.7 Å². The molecule has 1 fully saturated rings. The first kappa shape index (κ1) is 22.5. The van der Waals surface area contributed by atoms with E-state index in [0.29, 0.717) is 42.6 Å². The SMILES string of the molecule is O=C(O)C(=O)c1cccc(C(=O)N2CCN(c3ccc(-c4nc5ccc(Cl)cc5[nH]4)cn3)CC2)c1. The monoisotopic (exact) mass is 489 g/mol. The van der Waals surface area contributed by atoms with Gasteiger partial charge in [-0.2, -0.15) is 0 Å². The second kappa shape index (κ2) is 9.19. The average molecular weight is 490 g/mol. The van der Waals surface area contributed by atoms with Crippen LogP contribution in [0.4, 0.5) is 5.82 Å². The molecule has 0 aliphatic carbocycles. The number of piperazine rings is 1. The second-order valence-electron chi connectivity index (χ2n) is 8.15. The average Bonchev–Trinajstić information content (AvgIpc) is 3.31. The molecule has 4 aromatic rings. The molecule has 1 aliphatic heterocycles. The summed E-state index contributed by atoms with van der Waals surface area (Å²) in [6, 6.07) is 15.2. The minimum Gasteiger partial charge on any atom is -0.475 e. The number of nitrogens with zero attached hydrogens (tertiary/aromatic N) is 4. The van der Waals surface area contributed by atoms with E-state index in [0.717, 1.165) is 22.4 Å². The molecule has 1 saturated heterocycles. The van der Waals surface area contributed by atoms with E-state index in [1.807, 2.05) is 24.3 Å². The van der Waals surface area contributed by atoms with Gasteiger partial charge in [-0.1, -0.05) is 23.7 Å². The first-order valence-electron chi connectivity index (χ1n) is 10.9. The molecule has 2 N–H and O–H groups in total. The van der Waals surface area contributed by atoms with E-state index in [4.69, 9.17) is 16.7 Å². The van der Waals surface area contributed by atoms with Crippen LogP contribution in [0.15, 0.2) is 60.8 Å². The maximum absolute atomic E-state index is 12.9. The number of H-pyrrole nitrogens is 1. The number of carboxylic acid groups (broad SMARTS) is 1. The Morgan fingerprint density at radius 2 is 1.71 bits per heavy atom. The van der Waals surface area contributed by atoms with Crippen LogP contribution in [0, 0.1) is 0 Å². The molecule has 3 heterocycles. The molecule has 5 rings (SSSR count). The Morgan fingerprint density at radius 3 is 2.43 bits per heavy atom. The van der Waals surface area contributed by atoms with Crippen LogP contribution in [0.25, 0.3) is 22.4 Å². The number of aliphatic carboxylic acids is 1. The number of carboxylic acids is 1. The summed E-state index contributed by atoms with van der Waals surface area (Å²) in [5.41, 5.74) is 2.81. The fraction of sp³-hybridized carbons (Fsp3) is 0.160. The smallest absolute Gasteiger partial charge is 0.377 e. The number of rotatable bonds is 5. The van der Waals surface area contributed by atoms with Gasteiger partial charge in [0, 0.05) is 54.1 Å². The number of carbonyl (C=O) groups excluding carboxylic acids is 2. The van der Waals surface area contributed by atoms with Crippen LogP contribution in [0.2, 0.25) is 5.02 Å². The van der Waals surface area contributed by atoms with Gasteiger partial charge in [-0.15, -0.1) is 0 Å². The first-order valence-corrected chi connectivity index (χ1v) is 11.3. The fourth-order valence-corrected chi connectivity index (χ4v) is 4.24. The number of pyridine rings is 1. The summed E-state index contributed by atoms with van der Waals surface area (Å²) in [6.07, 6.45) is 1.76. The number of carbonyl (C=O) groups is 3. The summed E-state index contributed by atoms with van der Waals surface area (Å²) in [4.78, 5) is 51.8. The number of aromatic amines is 1. The van der Waals surface area contributed by atoms with Crippen molar-refractivity contribution in [3.05, 3.63) is 76.9 Å². The van der Waals surface area contributed by atoms with Gasteiger partial charge >= 0.3 is 5.97 Å². The zero-order valence-corrected chi connectivity index (χ0v) is 19.2. The molecule has 0 atom stereocenters. The molecule has 0 radical (unpaired) electrons. The normalized spacial score (nSPS) is 13.7. The highest BCUT2D eigenvalue weighted by atomic mass is 35.5. The molecule has 0 spiro atoms. The van der Waals surface area contributed by atoms with E-state index < -0.39 is 11.8 Å². The molecular weight excluding hydrogens is 470 g/mol. The molecule has 35 heavy (non-hydrogen) atoms. The Kier molecular flexibility index (Phi) is 5.92. The minimum atomic E-state index is -1.55. The number of benzene rings is 2. The van der Waals surface area contributed by atoms with Crippen molar-refractivity contribution < 1.29 is 19.5 Å². The maximum Gasteiger partial charge on any atom is 0.377 e. The maximum atomic E-state index is 12.9. The number of halogens is 1. The number of aromatic nitrogens is 3. The van der Waals surface area contributed by atoms with E-state index in [1.165, 1.54) is 18.2 Å². The van der Waals surface area contributed by atoms with E-state index in [2.05, 4.69) is 19.9 Å². The molecular formula is C25H20ClN5O4. The highest BCUT2D eigenvalue weighted by Gasteiger charge is 2.24. The third-order valence-corrected chi connectivity index (χ3v) is 6.16. The van der Waals surface area contributed by atoms with E-state index in [9.17, 15) is 14.4 Å². The van der Waals surface area contributed by atoms with Crippen molar-refractivity contribution in [2.45, 2.75) is 0 Å². The number of ketones is 1. The molecule has 9 nitrogen and oxygen atoms in total. The first-order chi connectivity index (χ1) is 16.9. The van der Waals surface area contributed by atoms with Gasteiger partial charge in [-0.25, -0.2) is 14.8 Å². The highest BCUT2D eigenvalue weighted by molar-refractivity contribution is 6.40. The molecule has 176 valence electrons. The van der Waals surface area contributed by atoms with Crippen LogP contribution in [0.3, 0.4) is 0 Å². The Bertz CT molecular complexity index is 1440. The van der Waals surface area contributed by atoms with Gasteiger partial charge in [0.15, 0.2) is 0 Å². The fourth-order valence-electron chi connectivity index (χ4n) is 4.07. The van der Waals surface area contributed by atoms with Crippen molar-refractivity contribution in [2.75, 3.05) is 31.1 Å². The number of anilines is 1. The van der Waals surface area contributed by atoms with Crippen LogP contribution in [-0.4, -0.2) is 68.8 Å². The number of nitrogens with one attached hydrogen (secondary N) is 1. The predicted molar refractivity (Wildman–Crippen MR) is 131 cm³/mol. The summed E-state index contributed by atoms with van der Waals surface area (Å²) in [5, 5.41) is 9.55. The molecule has 1 aliphatic rings. The molecule has 10 heteroatoms. The van der Waals surface area contributed by atoms with Crippen molar-refractivity contribution in [3.8, 4) is 11.4 Å². The number of hydrogen-bond donors (Lipinski definition) is 2. The molecule has 1 amide bonds. The van der Waals surface area contributed by atoms with Gasteiger partial charge in [0.05, 0.1) is 11.0 Å². The lowest BCUT2D eigenvalue weighted by Crippen LogP contribution is -2.49. The van der Waals surface area contributed by atoms with E-state index in [1.54, 1.807) is 23.2 Å². The van der Waals surface area contributed by atoms with Gasteiger partial charge in [0.2, 0.25) is 0 Å². The van der Waals surface area contributed by atoms with E-state index in [-0.39, 0.29) is 11.5 Å². The summed E-state index contributed by atoms with van der Waals surface area (Å²) >= 11 is 6.05. The van der Waals surface area contributed by atoms with Crippen molar-refractivity contribution in [1.82, 2.24) is 19.9 Å². The van der Waals surface area contributed by atoms with Crippen LogP contribution in [-0.2, 0) is 4.79 Å². The summed E-state index contributed by atoms with van der Waals surface area (Å²) < 4.78 is 0. The highest BCUT2D eigenvalue weighted by Crippen LogP contribution is 2.24. The number of fused-ring (bicyclic) bond motifs is 1. The van der Waals surface area contributed by atoms with Gasteiger partial charge in [-0.3, -0.25) is 9.59 Å².